The summed E-state index contributed by atoms with van der Waals surface area (Å²) in [5.41, 5.74) is 0. The minimum Gasteiger partial charge on any atom is -0.648 e. The van der Waals surface area contributed by atoms with Crippen LogP contribution in [0.2, 0.25) is 0 Å². The Kier molecular flexibility index (Phi) is 7.36. The summed E-state index contributed by atoms with van der Waals surface area (Å²) in [7, 11) is -4.84. The van der Waals surface area contributed by atoms with Crippen LogP contribution in [0, 0.1) is 87.3 Å². The van der Waals surface area contributed by atoms with Crippen LogP contribution in [-0.4, -0.2) is 7.32 Å². The molecular formula is C18HBF15O3-. The number of hydrogen-bond acceptors (Lipinski definition) is 3. The first-order chi connectivity index (χ1) is 17.1. The van der Waals surface area contributed by atoms with Crippen LogP contribution < -0.4 is 14.0 Å². The third-order valence-electron chi connectivity index (χ3n) is 4.30. The van der Waals surface area contributed by atoms with Crippen molar-refractivity contribution >= 4 is 7.32 Å². The smallest absolute Gasteiger partial charge is 0.536 e. The second kappa shape index (κ2) is 9.85. The van der Waals surface area contributed by atoms with Crippen LogP contribution in [0.1, 0.15) is 0 Å². The van der Waals surface area contributed by atoms with E-state index in [2.05, 4.69) is 14.0 Å². The number of halogens is 15. The summed E-state index contributed by atoms with van der Waals surface area (Å²) in [4.78, 5) is 0. The van der Waals surface area contributed by atoms with E-state index in [4.69, 9.17) is 0 Å². The van der Waals surface area contributed by atoms with Crippen molar-refractivity contribution in [3.63, 3.8) is 0 Å². The fourth-order valence-corrected chi connectivity index (χ4v) is 2.58. The van der Waals surface area contributed by atoms with E-state index < -0.39 is 112 Å². The van der Waals surface area contributed by atoms with Crippen molar-refractivity contribution in [1.82, 2.24) is 0 Å². The minimum atomic E-state index is -4.84. The zero-order chi connectivity index (χ0) is 28.1. The average molecular weight is 561 g/mol. The van der Waals surface area contributed by atoms with Gasteiger partial charge in [0, 0.05) is 0 Å². The van der Waals surface area contributed by atoms with Gasteiger partial charge < -0.3 is 14.0 Å². The summed E-state index contributed by atoms with van der Waals surface area (Å²) in [5, 5.41) is 0. The first-order valence-electron chi connectivity index (χ1n) is 8.81. The van der Waals surface area contributed by atoms with Gasteiger partial charge in [0.1, 0.15) is 0 Å². The third kappa shape index (κ3) is 4.52. The monoisotopic (exact) mass is 561 g/mol. The van der Waals surface area contributed by atoms with E-state index in [9.17, 15) is 65.9 Å². The van der Waals surface area contributed by atoms with E-state index in [1.54, 1.807) is 0 Å². The molecular weight excluding hydrogens is 560 g/mol. The molecule has 0 atom stereocenters. The van der Waals surface area contributed by atoms with Gasteiger partial charge in [-0.2, -0.15) is 26.3 Å². The van der Waals surface area contributed by atoms with Crippen molar-refractivity contribution in [3.8, 4) is 17.2 Å². The molecule has 19 heteroatoms. The normalized spacial score (nSPS) is 11.4. The zero-order valence-corrected chi connectivity index (χ0v) is 16.6. The fourth-order valence-electron chi connectivity index (χ4n) is 2.58. The first-order valence-corrected chi connectivity index (χ1v) is 8.81. The van der Waals surface area contributed by atoms with E-state index in [0.29, 0.717) is 0 Å². The van der Waals surface area contributed by atoms with E-state index in [-0.39, 0.29) is 0 Å². The van der Waals surface area contributed by atoms with E-state index in [1.807, 2.05) is 0 Å². The Morgan fingerprint density at radius 1 is 0.243 bits per heavy atom. The molecule has 3 aromatic carbocycles. The summed E-state index contributed by atoms with van der Waals surface area (Å²) in [5.74, 6) is -49.7. The van der Waals surface area contributed by atoms with Crippen LogP contribution in [0.4, 0.5) is 65.9 Å². The predicted octanol–water partition coefficient (Wildman–Crippen LogP) is 6.03. The molecule has 0 aliphatic rings. The highest BCUT2D eigenvalue weighted by Gasteiger charge is 2.33. The number of benzene rings is 3. The summed E-state index contributed by atoms with van der Waals surface area (Å²) in [6.45, 7) is 0. The van der Waals surface area contributed by atoms with Crippen LogP contribution in [0.3, 0.4) is 0 Å². The minimum absolute atomic E-state index is 2.47. The van der Waals surface area contributed by atoms with Gasteiger partial charge in [-0.05, 0) is 0 Å². The largest absolute Gasteiger partial charge is 0.648 e. The third-order valence-corrected chi connectivity index (χ3v) is 4.30. The summed E-state index contributed by atoms with van der Waals surface area (Å²) >= 11 is 0. The molecule has 0 radical (unpaired) electrons. The lowest BCUT2D eigenvalue weighted by Gasteiger charge is -2.32. The highest BCUT2D eigenvalue weighted by Crippen LogP contribution is 2.35. The lowest BCUT2D eigenvalue weighted by atomic mass is 10.1. The van der Waals surface area contributed by atoms with E-state index in [1.165, 1.54) is 0 Å². The second-order valence-electron chi connectivity index (χ2n) is 6.48. The fraction of sp³-hybridized carbons (Fsp3) is 0. The molecule has 0 aromatic heterocycles. The molecule has 200 valence electrons. The first kappa shape index (κ1) is 27.7. The Morgan fingerprint density at radius 2 is 0.378 bits per heavy atom. The van der Waals surface area contributed by atoms with Crippen LogP contribution in [0.5, 0.6) is 17.2 Å². The molecule has 0 N–H and O–H groups in total. The maximum Gasteiger partial charge on any atom is 0.536 e. The Balaban J connectivity index is 2.22. The highest BCUT2D eigenvalue weighted by atomic mass is 19.2. The van der Waals surface area contributed by atoms with Gasteiger partial charge in [-0.15, -0.1) is 0 Å². The van der Waals surface area contributed by atoms with Gasteiger partial charge in [-0.1, -0.05) is 0 Å². The molecule has 0 aliphatic carbocycles. The standard InChI is InChI=1S/C18HBF15O3/c20-1-4(23)10(29)16(11(30)5(1)24)35-19(36-17-12(31)6(25)2(21)7(26)13(17)32)37-18-14(33)8(27)3(22)9(28)15(18)34/h19H/q-1. The maximum atomic E-state index is 13.9. The molecule has 0 unspecified atom stereocenters. The highest BCUT2D eigenvalue weighted by molar-refractivity contribution is 6.39. The topological polar surface area (TPSA) is 27.7 Å². The van der Waals surface area contributed by atoms with Crippen molar-refractivity contribution in [3.05, 3.63) is 87.3 Å². The van der Waals surface area contributed by atoms with Gasteiger partial charge >= 0.3 is 7.32 Å². The quantitative estimate of drug-likeness (QED) is 0.160. The Bertz CT molecular complexity index is 1170. The molecule has 3 nitrogen and oxygen atoms in total. The molecule has 0 heterocycles. The van der Waals surface area contributed by atoms with Gasteiger partial charge in [0.25, 0.3) is 0 Å². The molecule has 37 heavy (non-hydrogen) atoms. The molecule has 0 amide bonds. The Hall–Kier alpha value is -3.93. The molecule has 0 fully saturated rings. The lowest BCUT2D eigenvalue weighted by molar-refractivity contribution is 0.247. The van der Waals surface area contributed by atoms with Crippen molar-refractivity contribution in [2.45, 2.75) is 0 Å². The van der Waals surface area contributed by atoms with Gasteiger partial charge in [0.15, 0.2) is 17.2 Å². The molecule has 0 spiro atoms. The van der Waals surface area contributed by atoms with Gasteiger partial charge in [0.05, 0.1) is 0 Å². The average Bonchev–Trinajstić information content (AvgIpc) is 2.88. The van der Waals surface area contributed by atoms with Gasteiger partial charge in [-0.3, -0.25) is 0 Å². The summed E-state index contributed by atoms with van der Waals surface area (Å²) in [6.07, 6.45) is 0. The molecule has 0 saturated carbocycles. The van der Waals surface area contributed by atoms with Crippen LogP contribution in [0.25, 0.3) is 0 Å². The number of rotatable bonds is 6. The van der Waals surface area contributed by atoms with Crippen molar-refractivity contribution in [1.29, 1.82) is 0 Å². The second-order valence-corrected chi connectivity index (χ2v) is 6.48. The zero-order valence-electron chi connectivity index (χ0n) is 16.6. The molecule has 3 aromatic rings. The summed E-state index contributed by atoms with van der Waals surface area (Å²) < 4.78 is 216. The van der Waals surface area contributed by atoms with Crippen molar-refractivity contribution in [2.75, 3.05) is 0 Å². The SMILES string of the molecule is Fc1c(F)c(F)c(O[BH-](Oc2c(F)c(F)c(F)c(F)c2F)Oc2c(F)c(F)c(F)c(F)c2F)c(F)c1F. The molecule has 0 aliphatic heterocycles. The van der Waals surface area contributed by atoms with Crippen LogP contribution >= 0.6 is 0 Å². The lowest BCUT2D eigenvalue weighted by Crippen LogP contribution is -2.39. The molecule has 3 rings (SSSR count). The number of hydrogen-bond donors (Lipinski definition) is 0. The van der Waals surface area contributed by atoms with Crippen LogP contribution in [0.15, 0.2) is 0 Å². The Morgan fingerprint density at radius 3 is 0.541 bits per heavy atom. The van der Waals surface area contributed by atoms with Gasteiger partial charge in [0.2, 0.25) is 87.3 Å². The van der Waals surface area contributed by atoms with E-state index >= 15 is 0 Å². The summed E-state index contributed by atoms with van der Waals surface area (Å²) in [6, 6.07) is 0. The van der Waals surface area contributed by atoms with Crippen molar-refractivity contribution < 1.29 is 79.8 Å². The predicted molar refractivity (Wildman–Crippen MR) is 87.7 cm³/mol. The van der Waals surface area contributed by atoms with E-state index in [0.717, 1.165) is 0 Å². The molecule has 0 bridgehead atoms. The Labute approximate surface area is 192 Å². The van der Waals surface area contributed by atoms with Crippen molar-refractivity contribution in [2.24, 2.45) is 0 Å². The maximum absolute atomic E-state index is 13.9. The van der Waals surface area contributed by atoms with Gasteiger partial charge in [-0.25, -0.2) is 39.5 Å². The van der Waals surface area contributed by atoms with Crippen LogP contribution in [-0.2, 0) is 0 Å². The molecule has 0 saturated heterocycles.